The number of hydrogen-bond acceptors (Lipinski definition) is 6. The van der Waals surface area contributed by atoms with Gasteiger partial charge in [-0.2, -0.15) is 9.97 Å². The number of carboxylic acids is 1. The highest BCUT2D eigenvalue weighted by Crippen LogP contribution is 2.18. The molecule has 0 aliphatic carbocycles. The molecular weight excluding hydrogens is 250 g/mol. The lowest BCUT2D eigenvalue weighted by Gasteiger charge is -2.14. The first-order valence-corrected chi connectivity index (χ1v) is 6.00. The van der Waals surface area contributed by atoms with Crippen molar-refractivity contribution >= 4 is 11.9 Å². The average Bonchev–Trinajstić information content (AvgIpc) is 2.37. The van der Waals surface area contributed by atoms with E-state index in [4.69, 9.17) is 14.6 Å². The smallest absolute Gasteiger partial charge is 0.303 e. The highest BCUT2D eigenvalue weighted by molar-refractivity contribution is 5.66. The predicted octanol–water partition coefficient (Wildman–Crippen LogP) is 1.55. The summed E-state index contributed by atoms with van der Waals surface area (Å²) in [7, 11) is 3.03. The van der Waals surface area contributed by atoms with Crippen LogP contribution in [0.25, 0.3) is 0 Å². The lowest BCUT2D eigenvalue weighted by atomic mass is 10.1. The Bertz CT molecular complexity index is 403. The third kappa shape index (κ3) is 5.41. The Balaban J connectivity index is 2.57. The maximum absolute atomic E-state index is 10.4. The quantitative estimate of drug-likeness (QED) is 0.739. The topological polar surface area (TPSA) is 93.6 Å². The van der Waals surface area contributed by atoms with Crippen LogP contribution in [-0.2, 0) is 4.79 Å². The van der Waals surface area contributed by atoms with Gasteiger partial charge in [0.05, 0.1) is 20.3 Å². The van der Waals surface area contributed by atoms with Crippen molar-refractivity contribution in [3.63, 3.8) is 0 Å². The van der Waals surface area contributed by atoms with Gasteiger partial charge in [-0.15, -0.1) is 0 Å². The zero-order valence-electron chi connectivity index (χ0n) is 11.3. The third-order valence-electron chi connectivity index (χ3n) is 2.50. The molecule has 1 aromatic heterocycles. The summed E-state index contributed by atoms with van der Waals surface area (Å²) in [5.41, 5.74) is 0. The van der Waals surface area contributed by atoms with Crippen LogP contribution in [0, 0.1) is 0 Å². The molecule has 0 saturated heterocycles. The minimum Gasteiger partial charge on any atom is -0.481 e. The Hall–Kier alpha value is -2.05. The number of rotatable bonds is 8. The fourth-order valence-electron chi connectivity index (χ4n) is 1.53. The van der Waals surface area contributed by atoms with E-state index < -0.39 is 5.97 Å². The van der Waals surface area contributed by atoms with Gasteiger partial charge in [0, 0.05) is 12.5 Å². The summed E-state index contributed by atoms with van der Waals surface area (Å²) in [6.45, 7) is 1.94. The minimum absolute atomic E-state index is 0.0659. The highest BCUT2D eigenvalue weighted by Gasteiger charge is 2.09. The Labute approximate surface area is 112 Å². The summed E-state index contributed by atoms with van der Waals surface area (Å²) >= 11 is 0. The number of nitrogens with one attached hydrogen (secondary N) is 1. The van der Waals surface area contributed by atoms with Crippen LogP contribution in [0.3, 0.4) is 0 Å². The average molecular weight is 269 g/mol. The molecule has 19 heavy (non-hydrogen) atoms. The van der Waals surface area contributed by atoms with Gasteiger partial charge in [0.15, 0.2) is 0 Å². The summed E-state index contributed by atoms with van der Waals surface area (Å²) in [6.07, 6.45) is 1.48. The van der Waals surface area contributed by atoms with E-state index in [0.717, 1.165) is 6.42 Å². The van der Waals surface area contributed by atoms with Crippen molar-refractivity contribution in [3.05, 3.63) is 6.07 Å². The number of aliphatic carboxylic acids is 1. The first kappa shape index (κ1) is 15.0. The number of hydrogen-bond donors (Lipinski definition) is 2. The molecule has 1 aromatic rings. The number of ether oxygens (including phenoxy) is 2. The predicted molar refractivity (Wildman–Crippen MR) is 69.7 cm³/mol. The van der Waals surface area contributed by atoms with Gasteiger partial charge in [0.1, 0.15) is 0 Å². The number of nitrogens with zero attached hydrogens (tertiary/aromatic N) is 2. The van der Waals surface area contributed by atoms with E-state index in [2.05, 4.69) is 15.3 Å². The molecule has 7 nitrogen and oxygen atoms in total. The molecule has 1 unspecified atom stereocenters. The van der Waals surface area contributed by atoms with Crippen molar-refractivity contribution in [2.24, 2.45) is 0 Å². The van der Waals surface area contributed by atoms with Crippen molar-refractivity contribution in [1.82, 2.24) is 9.97 Å². The van der Waals surface area contributed by atoms with E-state index in [9.17, 15) is 4.79 Å². The van der Waals surface area contributed by atoms with E-state index in [1.165, 1.54) is 14.2 Å². The Morgan fingerprint density at radius 3 is 2.42 bits per heavy atom. The van der Waals surface area contributed by atoms with Gasteiger partial charge in [0.2, 0.25) is 17.7 Å². The molecule has 0 bridgehead atoms. The lowest BCUT2D eigenvalue weighted by molar-refractivity contribution is -0.137. The standard InChI is InChI=1S/C12H19N3O4/c1-8(5-4-6-11(16)17)13-12-14-9(18-2)7-10(15-12)19-3/h7-8H,4-6H2,1-3H3,(H,16,17)(H,13,14,15). The van der Waals surface area contributed by atoms with Crippen LogP contribution < -0.4 is 14.8 Å². The normalized spacial score (nSPS) is 11.7. The molecule has 1 heterocycles. The van der Waals surface area contributed by atoms with E-state index in [1.54, 1.807) is 6.07 Å². The monoisotopic (exact) mass is 269 g/mol. The van der Waals surface area contributed by atoms with E-state index in [0.29, 0.717) is 24.1 Å². The summed E-state index contributed by atoms with van der Waals surface area (Å²) < 4.78 is 10.1. The van der Waals surface area contributed by atoms with Crippen LogP contribution in [0.4, 0.5) is 5.95 Å². The Morgan fingerprint density at radius 1 is 1.37 bits per heavy atom. The second-order valence-electron chi connectivity index (χ2n) is 4.11. The van der Waals surface area contributed by atoms with Crippen molar-refractivity contribution in [2.75, 3.05) is 19.5 Å². The molecule has 1 rings (SSSR count). The molecule has 0 aliphatic heterocycles. The van der Waals surface area contributed by atoms with Gasteiger partial charge in [0.25, 0.3) is 0 Å². The lowest BCUT2D eigenvalue weighted by Crippen LogP contribution is -2.17. The van der Waals surface area contributed by atoms with Crippen molar-refractivity contribution in [1.29, 1.82) is 0 Å². The van der Waals surface area contributed by atoms with Crippen molar-refractivity contribution < 1.29 is 19.4 Å². The largest absolute Gasteiger partial charge is 0.481 e. The molecule has 2 N–H and O–H groups in total. The molecular formula is C12H19N3O4. The summed E-state index contributed by atoms with van der Waals surface area (Å²) in [4.78, 5) is 18.7. The van der Waals surface area contributed by atoms with Crippen LogP contribution >= 0.6 is 0 Å². The Morgan fingerprint density at radius 2 is 1.95 bits per heavy atom. The SMILES string of the molecule is COc1cc(OC)nc(NC(C)CCCC(=O)O)n1. The molecule has 0 saturated carbocycles. The Kier molecular flexibility index (Phi) is 5.84. The van der Waals surface area contributed by atoms with E-state index >= 15 is 0 Å². The first-order chi connectivity index (χ1) is 9.05. The van der Waals surface area contributed by atoms with Crippen LogP contribution in [0.2, 0.25) is 0 Å². The van der Waals surface area contributed by atoms with Crippen LogP contribution in [0.5, 0.6) is 11.8 Å². The maximum atomic E-state index is 10.4. The zero-order chi connectivity index (χ0) is 14.3. The fraction of sp³-hybridized carbons (Fsp3) is 0.583. The van der Waals surface area contributed by atoms with Gasteiger partial charge < -0.3 is 19.9 Å². The van der Waals surface area contributed by atoms with E-state index in [1.807, 2.05) is 6.92 Å². The van der Waals surface area contributed by atoms with Crippen LogP contribution in [0.1, 0.15) is 26.2 Å². The van der Waals surface area contributed by atoms with Gasteiger partial charge in [-0.1, -0.05) is 0 Å². The number of carboxylic acid groups (broad SMARTS) is 1. The second kappa shape index (κ2) is 7.40. The number of carbonyl (C=O) groups is 1. The molecule has 0 spiro atoms. The fourth-order valence-corrected chi connectivity index (χ4v) is 1.53. The van der Waals surface area contributed by atoms with Gasteiger partial charge in [-0.3, -0.25) is 4.79 Å². The molecule has 0 radical (unpaired) electrons. The zero-order valence-corrected chi connectivity index (χ0v) is 11.3. The molecule has 0 aromatic carbocycles. The van der Waals surface area contributed by atoms with Crippen LogP contribution in [-0.4, -0.2) is 41.3 Å². The molecule has 0 amide bonds. The number of methoxy groups -OCH3 is 2. The van der Waals surface area contributed by atoms with Crippen molar-refractivity contribution in [3.8, 4) is 11.8 Å². The van der Waals surface area contributed by atoms with Crippen molar-refractivity contribution in [2.45, 2.75) is 32.2 Å². The molecule has 7 heteroatoms. The highest BCUT2D eigenvalue weighted by atomic mass is 16.5. The van der Waals surface area contributed by atoms with Gasteiger partial charge in [-0.05, 0) is 19.8 Å². The minimum atomic E-state index is -0.786. The number of aromatic nitrogens is 2. The maximum Gasteiger partial charge on any atom is 0.303 e. The van der Waals surface area contributed by atoms with E-state index in [-0.39, 0.29) is 12.5 Å². The first-order valence-electron chi connectivity index (χ1n) is 6.00. The second-order valence-corrected chi connectivity index (χ2v) is 4.11. The molecule has 1 atom stereocenters. The summed E-state index contributed by atoms with van der Waals surface area (Å²) in [5, 5.41) is 11.7. The van der Waals surface area contributed by atoms with Gasteiger partial charge >= 0.3 is 5.97 Å². The summed E-state index contributed by atoms with van der Waals surface area (Å²) in [6, 6.07) is 1.65. The number of anilines is 1. The summed E-state index contributed by atoms with van der Waals surface area (Å²) in [5.74, 6) is 0.435. The molecule has 0 aliphatic rings. The molecule has 106 valence electrons. The third-order valence-corrected chi connectivity index (χ3v) is 2.50. The molecule has 0 fully saturated rings. The van der Waals surface area contributed by atoms with Crippen LogP contribution in [0.15, 0.2) is 6.07 Å². The van der Waals surface area contributed by atoms with Gasteiger partial charge in [-0.25, -0.2) is 0 Å².